The van der Waals surface area contributed by atoms with E-state index >= 15 is 0 Å². The van der Waals surface area contributed by atoms with Crippen molar-refractivity contribution in [2.45, 2.75) is 4.90 Å². The topological polar surface area (TPSA) is 60.3 Å². The van der Waals surface area contributed by atoms with Crippen molar-refractivity contribution in [1.82, 2.24) is 4.40 Å². The molecule has 0 fully saturated rings. The molecule has 0 amide bonds. The number of hydrogen-bond donors (Lipinski definition) is 1. The van der Waals surface area contributed by atoms with E-state index in [1.807, 2.05) is 0 Å². The Kier molecular flexibility index (Phi) is 1.41. The van der Waals surface area contributed by atoms with Gasteiger partial charge in [-0.15, -0.1) is 0 Å². The van der Waals surface area contributed by atoms with Crippen molar-refractivity contribution in [2.24, 2.45) is 0 Å². The van der Waals surface area contributed by atoms with Gasteiger partial charge in [-0.05, 0) is 12.1 Å². The largest absolute Gasteiger partial charge is 0.373 e. The van der Waals surface area contributed by atoms with E-state index in [1.54, 1.807) is 18.2 Å². The summed E-state index contributed by atoms with van der Waals surface area (Å²) in [5.74, 6) is 0. The lowest BCUT2D eigenvalue weighted by atomic mass is 10.3. The van der Waals surface area contributed by atoms with Gasteiger partial charge >= 0.3 is 10.0 Å². The molecule has 0 bridgehead atoms. The SMILES string of the molecule is O=S1(=O)[N+]=CNc2ccccc21. The molecule has 1 aromatic rings. The maximum Gasteiger partial charge on any atom is 0.373 e. The Morgan fingerprint density at radius 3 is 2.75 bits per heavy atom. The molecule has 1 N–H and O–H groups in total. The van der Waals surface area contributed by atoms with E-state index in [-0.39, 0.29) is 4.90 Å². The van der Waals surface area contributed by atoms with Gasteiger partial charge in [-0.1, -0.05) is 12.1 Å². The summed E-state index contributed by atoms with van der Waals surface area (Å²) in [6.07, 6.45) is 1.18. The predicted octanol–water partition coefficient (Wildman–Crippen LogP) is 0.165. The highest BCUT2D eigenvalue weighted by Gasteiger charge is 2.27. The molecule has 0 unspecified atom stereocenters. The van der Waals surface area contributed by atoms with Gasteiger partial charge in [0.25, 0.3) is 6.34 Å². The molecule has 1 aliphatic heterocycles. The second-order valence-electron chi connectivity index (χ2n) is 2.35. The van der Waals surface area contributed by atoms with Crippen LogP contribution in [-0.4, -0.2) is 14.8 Å². The van der Waals surface area contributed by atoms with Crippen LogP contribution in [0.25, 0.3) is 0 Å². The first-order valence-corrected chi connectivity index (χ1v) is 4.78. The number of para-hydroxylation sites is 1. The average molecular weight is 182 g/mol. The molecule has 1 aliphatic rings. The van der Waals surface area contributed by atoms with Crippen LogP contribution >= 0.6 is 0 Å². The highest BCUT2D eigenvalue weighted by atomic mass is 32.2. The van der Waals surface area contributed by atoms with E-state index < -0.39 is 10.0 Å². The maximum atomic E-state index is 11.2. The lowest BCUT2D eigenvalue weighted by molar-refractivity contribution is 0.594. The monoisotopic (exact) mass is 182 g/mol. The third-order valence-electron chi connectivity index (χ3n) is 1.58. The maximum absolute atomic E-state index is 11.2. The van der Waals surface area contributed by atoms with Gasteiger partial charge in [-0.2, -0.15) is 8.42 Å². The Morgan fingerprint density at radius 1 is 1.25 bits per heavy atom. The first kappa shape index (κ1) is 7.30. The molecule has 2 rings (SSSR count). The zero-order valence-electron chi connectivity index (χ0n) is 6.06. The van der Waals surface area contributed by atoms with Crippen molar-refractivity contribution in [1.29, 1.82) is 0 Å². The lowest BCUT2D eigenvalue weighted by Gasteiger charge is -2.02. The third kappa shape index (κ3) is 0.984. The second-order valence-corrected chi connectivity index (χ2v) is 3.95. The molecule has 0 aliphatic carbocycles. The van der Waals surface area contributed by atoms with Crippen molar-refractivity contribution in [3.05, 3.63) is 24.3 Å². The number of benzene rings is 1. The van der Waals surface area contributed by atoms with Crippen LogP contribution in [0.5, 0.6) is 0 Å². The van der Waals surface area contributed by atoms with Crippen molar-refractivity contribution in [2.75, 3.05) is 5.32 Å². The summed E-state index contributed by atoms with van der Waals surface area (Å²) in [6, 6.07) is 6.64. The van der Waals surface area contributed by atoms with E-state index in [4.69, 9.17) is 0 Å². The molecule has 0 atom stereocenters. The summed E-state index contributed by atoms with van der Waals surface area (Å²) >= 11 is 0. The lowest BCUT2D eigenvalue weighted by Crippen LogP contribution is -2.19. The van der Waals surface area contributed by atoms with E-state index in [2.05, 4.69) is 9.71 Å². The number of rotatable bonds is 0. The molecule has 1 aromatic carbocycles. The van der Waals surface area contributed by atoms with Crippen LogP contribution in [0.3, 0.4) is 0 Å². The van der Waals surface area contributed by atoms with Crippen LogP contribution in [0.1, 0.15) is 0 Å². The van der Waals surface area contributed by atoms with Crippen molar-refractivity contribution in [3.63, 3.8) is 0 Å². The number of fused-ring (bicyclic) bond motifs is 1. The average Bonchev–Trinajstić information content (AvgIpc) is 2.04. The van der Waals surface area contributed by atoms with Crippen LogP contribution in [0.4, 0.5) is 5.69 Å². The Balaban J connectivity index is 2.75. The second kappa shape index (κ2) is 2.31. The number of sulfonamides is 1. The van der Waals surface area contributed by atoms with Crippen molar-refractivity contribution < 1.29 is 8.42 Å². The summed E-state index contributed by atoms with van der Waals surface area (Å²) in [7, 11) is -3.44. The number of nitrogens with zero attached hydrogens (tertiary/aromatic N) is 1. The first-order valence-electron chi connectivity index (χ1n) is 3.34. The standard InChI is InChI=1S/C7H6N2O2S/c10-12(11)7-4-2-1-3-6(7)8-5-9-12/h1-5,8H/q+1. The molecule has 0 saturated heterocycles. The Labute approximate surface area is 70.0 Å². The minimum Gasteiger partial charge on any atom is -0.242 e. The normalized spacial score (nSPS) is 18.0. The van der Waals surface area contributed by atoms with Crippen LogP contribution < -0.4 is 9.71 Å². The van der Waals surface area contributed by atoms with Gasteiger partial charge in [0, 0.05) is 4.40 Å². The highest BCUT2D eigenvalue weighted by molar-refractivity contribution is 7.89. The third-order valence-corrected chi connectivity index (χ3v) is 2.87. The fourth-order valence-electron chi connectivity index (χ4n) is 1.03. The molecule has 0 aromatic heterocycles. The first-order chi connectivity index (χ1) is 5.70. The molecule has 0 spiro atoms. The molecule has 4 nitrogen and oxygen atoms in total. The molecule has 1 radical (unpaired) electrons. The molecular weight excluding hydrogens is 176 g/mol. The minimum atomic E-state index is -3.44. The van der Waals surface area contributed by atoms with Crippen LogP contribution in [-0.2, 0) is 10.0 Å². The van der Waals surface area contributed by atoms with Gasteiger partial charge in [0.05, 0.1) is 0 Å². The zero-order chi connectivity index (χ0) is 8.60. The fraction of sp³-hybridized carbons (Fsp3) is 0. The van der Waals surface area contributed by atoms with Gasteiger partial charge in [-0.25, -0.2) is 5.32 Å². The highest BCUT2D eigenvalue weighted by Crippen LogP contribution is 2.21. The van der Waals surface area contributed by atoms with E-state index in [9.17, 15) is 8.42 Å². The van der Waals surface area contributed by atoms with E-state index in [1.165, 1.54) is 12.4 Å². The quantitative estimate of drug-likeness (QED) is 0.622. The summed E-state index contributed by atoms with van der Waals surface area (Å²) in [5.41, 5.74) is 0.576. The van der Waals surface area contributed by atoms with Crippen LogP contribution in [0.15, 0.2) is 29.2 Å². The van der Waals surface area contributed by atoms with Gasteiger partial charge in [0.1, 0.15) is 5.69 Å². The van der Waals surface area contributed by atoms with Crippen molar-refractivity contribution >= 4 is 22.0 Å². The summed E-state index contributed by atoms with van der Waals surface area (Å²) < 4.78 is 25.8. The predicted molar refractivity (Wildman–Crippen MR) is 45.4 cm³/mol. The Hall–Kier alpha value is -1.36. The minimum absolute atomic E-state index is 0.229. The van der Waals surface area contributed by atoms with Crippen LogP contribution in [0.2, 0.25) is 0 Å². The summed E-state index contributed by atoms with van der Waals surface area (Å²) in [6.45, 7) is 0. The Bertz CT molecular complexity index is 436. The number of nitrogens with one attached hydrogen (secondary N) is 1. The van der Waals surface area contributed by atoms with Gasteiger partial charge in [0.15, 0.2) is 4.90 Å². The molecule has 1 heterocycles. The summed E-state index contributed by atoms with van der Waals surface area (Å²) in [5, 5.41) is 2.75. The Morgan fingerprint density at radius 2 is 2.00 bits per heavy atom. The molecular formula is C7H6N2O2S+. The van der Waals surface area contributed by atoms with Crippen molar-refractivity contribution in [3.8, 4) is 0 Å². The van der Waals surface area contributed by atoms with E-state index in [0.717, 1.165) is 0 Å². The number of hydrogen-bond acceptors (Lipinski definition) is 3. The smallest absolute Gasteiger partial charge is 0.242 e. The van der Waals surface area contributed by atoms with Gasteiger partial charge < -0.3 is 0 Å². The molecule has 12 heavy (non-hydrogen) atoms. The van der Waals surface area contributed by atoms with Gasteiger partial charge in [0.2, 0.25) is 0 Å². The van der Waals surface area contributed by atoms with Crippen LogP contribution in [0, 0.1) is 0 Å². The van der Waals surface area contributed by atoms with Gasteiger partial charge in [-0.3, -0.25) is 0 Å². The van der Waals surface area contributed by atoms with E-state index in [0.29, 0.717) is 5.69 Å². The molecule has 5 heteroatoms. The molecule has 0 saturated carbocycles. The zero-order valence-corrected chi connectivity index (χ0v) is 6.88. The fourth-order valence-corrected chi connectivity index (χ4v) is 1.99. The number of anilines is 1. The molecule has 61 valence electrons. The summed E-state index contributed by atoms with van der Waals surface area (Å²) in [4.78, 5) is 0.229.